The second-order valence-electron chi connectivity index (χ2n) is 4.61. The maximum atomic E-state index is 8.66. The Balaban J connectivity index is 2.18. The quantitative estimate of drug-likeness (QED) is 0.806. The molecule has 0 N–H and O–H groups in total. The smallest absolute Gasteiger partial charge is 0.227 e. The lowest BCUT2D eigenvalue weighted by Gasteiger charge is -2.06. The molecule has 0 saturated carbocycles. The van der Waals surface area contributed by atoms with Crippen LogP contribution in [0.25, 0.3) is 11.4 Å². The molecule has 1 heterocycles. The molecule has 0 bridgehead atoms. The first kappa shape index (κ1) is 14.1. The van der Waals surface area contributed by atoms with Crippen molar-refractivity contribution in [2.75, 3.05) is 6.61 Å². The number of ether oxygens (including phenoxy) is 1. The van der Waals surface area contributed by atoms with E-state index < -0.39 is 0 Å². The fourth-order valence-corrected chi connectivity index (χ4v) is 1.91. The Bertz CT molecular complexity index is 601. The number of hydrogen-bond acceptors (Lipinski definition) is 5. The molecule has 1 unspecified atom stereocenters. The van der Waals surface area contributed by atoms with Gasteiger partial charge in [0.1, 0.15) is 5.75 Å². The van der Waals surface area contributed by atoms with Gasteiger partial charge in [-0.15, -0.1) is 0 Å². The lowest BCUT2D eigenvalue weighted by molar-refractivity contribution is 0.340. The van der Waals surface area contributed by atoms with Crippen LogP contribution in [0.3, 0.4) is 0 Å². The average Bonchev–Trinajstić information content (AvgIpc) is 2.88. The fraction of sp³-hybridized carbons (Fsp3) is 0.400. The molecule has 0 amide bonds. The van der Waals surface area contributed by atoms with Crippen molar-refractivity contribution in [3.8, 4) is 23.2 Å². The largest absolute Gasteiger partial charge is 0.493 e. The van der Waals surface area contributed by atoms with Gasteiger partial charge in [0.2, 0.25) is 11.7 Å². The van der Waals surface area contributed by atoms with Crippen LogP contribution < -0.4 is 4.74 Å². The highest BCUT2D eigenvalue weighted by molar-refractivity contribution is 5.63. The van der Waals surface area contributed by atoms with Gasteiger partial charge in [0.25, 0.3) is 0 Å². The zero-order chi connectivity index (χ0) is 14.4. The third kappa shape index (κ3) is 3.35. The lowest BCUT2D eigenvalue weighted by Crippen LogP contribution is -1.99. The summed E-state index contributed by atoms with van der Waals surface area (Å²) in [5.74, 6) is 2.02. The van der Waals surface area contributed by atoms with Gasteiger partial charge in [0.15, 0.2) is 0 Å². The summed E-state index contributed by atoms with van der Waals surface area (Å²) in [5, 5.41) is 12.7. The molecule has 2 rings (SSSR count). The molecular weight excluding hydrogens is 254 g/mol. The van der Waals surface area contributed by atoms with E-state index in [-0.39, 0.29) is 5.92 Å². The first-order valence-corrected chi connectivity index (χ1v) is 6.66. The van der Waals surface area contributed by atoms with Gasteiger partial charge < -0.3 is 9.26 Å². The molecule has 2 aromatic rings. The first-order valence-electron chi connectivity index (χ1n) is 6.66. The minimum atomic E-state index is 0.204. The molecule has 1 aromatic heterocycles. The second kappa shape index (κ2) is 6.71. The van der Waals surface area contributed by atoms with E-state index in [1.165, 1.54) is 0 Å². The molecular formula is C15H17N3O2. The van der Waals surface area contributed by atoms with Crippen LogP contribution in [0.1, 0.15) is 26.2 Å². The van der Waals surface area contributed by atoms with Crippen molar-refractivity contribution in [3.05, 3.63) is 30.2 Å². The minimum absolute atomic E-state index is 0.204. The third-order valence-corrected chi connectivity index (χ3v) is 2.86. The Morgan fingerprint density at radius 3 is 2.95 bits per heavy atom. The Morgan fingerprint density at radius 1 is 1.40 bits per heavy atom. The van der Waals surface area contributed by atoms with Crippen LogP contribution in [-0.2, 0) is 6.42 Å². The number of para-hydroxylation sites is 1. The molecule has 0 saturated heterocycles. The molecule has 0 aliphatic rings. The summed E-state index contributed by atoms with van der Waals surface area (Å²) in [6, 6.07) is 9.74. The van der Waals surface area contributed by atoms with E-state index in [1.54, 1.807) is 0 Å². The SMILES string of the molecule is CCOc1ccccc1-c1noc(CC(C)CC#N)n1. The number of nitrogens with zero attached hydrogens (tertiary/aromatic N) is 3. The van der Waals surface area contributed by atoms with E-state index in [1.807, 2.05) is 38.1 Å². The molecule has 5 heteroatoms. The van der Waals surface area contributed by atoms with Crippen molar-refractivity contribution in [2.45, 2.75) is 26.7 Å². The van der Waals surface area contributed by atoms with E-state index in [0.29, 0.717) is 31.2 Å². The number of hydrogen-bond donors (Lipinski definition) is 0. The van der Waals surface area contributed by atoms with E-state index in [9.17, 15) is 0 Å². The molecule has 5 nitrogen and oxygen atoms in total. The topological polar surface area (TPSA) is 71.9 Å². The summed E-state index contributed by atoms with van der Waals surface area (Å²) in [6.45, 7) is 4.50. The van der Waals surface area contributed by atoms with Crippen molar-refractivity contribution >= 4 is 0 Å². The van der Waals surface area contributed by atoms with E-state index in [2.05, 4.69) is 16.2 Å². The predicted octanol–water partition coefficient (Wildman–Crippen LogP) is 3.23. The van der Waals surface area contributed by atoms with Crippen LogP contribution in [0, 0.1) is 17.2 Å². The van der Waals surface area contributed by atoms with Gasteiger partial charge in [-0.25, -0.2) is 0 Å². The van der Waals surface area contributed by atoms with E-state index >= 15 is 0 Å². The molecule has 20 heavy (non-hydrogen) atoms. The number of benzene rings is 1. The average molecular weight is 271 g/mol. The Kier molecular flexibility index (Phi) is 4.72. The van der Waals surface area contributed by atoms with Crippen LogP contribution >= 0.6 is 0 Å². The van der Waals surface area contributed by atoms with Crippen molar-refractivity contribution in [2.24, 2.45) is 5.92 Å². The molecule has 1 aromatic carbocycles. The molecule has 0 aliphatic carbocycles. The van der Waals surface area contributed by atoms with Gasteiger partial charge in [0, 0.05) is 12.8 Å². The summed E-state index contributed by atoms with van der Waals surface area (Å²) >= 11 is 0. The third-order valence-electron chi connectivity index (χ3n) is 2.86. The lowest BCUT2D eigenvalue weighted by atomic mass is 10.1. The van der Waals surface area contributed by atoms with Crippen molar-refractivity contribution < 1.29 is 9.26 Å². The van der Waals surface area contributed by atoms with E-state index in [4.69, 9.17) is 14.5 Å². The van der Waals surface area contributed by atoms with Crippen LogP contribution in [0.5, 0.6) is 5.75 Å². The zero-order valence-electron chi connectivity index (χ0n) is 11.7. The maximum Gasteiger partial charge on any atom is 0.227 e. The van der Waals surface area contributed by atoms with Crippen molar-refractivity contribution in [3.63, 3.8) is 0 Å². The van der Waals surface area contributed by atoms with Crippen LogP contribution in [0.2, 0.25) is 0 Å². The number of rotatable bonds is 6. The highest BCUT2D eigenvalue weighted by atomic mass is 16.5. The summed E-state index contributed by atoms with van der Waals surface area (Å²) in [5.41, 5.74) is 0.817. The van der Waals surface area contributed by atoms with Gasteiger partial charge in [-0.2, -0.15) is 10.2 Å². The Morgan fingerprint density at radius 2 is 2.20 bits per heavy atom. The molecule has 1 atom stereocenters. The molecule has 0 radical (unpaired) electrons. The van der Waals surface area contributed by atoms with Crippen LogP contribution in [0.4, 0.5) is 0 Å². The second-order valence-corrected chi connectivity index (χ2v) is 4.61. The fourth-order valence-electron chi connectivity index (χ4n) is 1.91. The summed E-state index contributed by atoms with van der Waals surface area (Å²) in [6.07, 6.45) is 1.09. The van der Waals surface area contributed by atoms with Gasteiger partial charge in [0.05, 0.1) is 18.2 Å². The first-order chi connectivity index (χ1) is 9.74. The highest BCUT2D eigenvalue weighted by Gasteiger charge is 2.14. The normalized spacial score (nSPS) is 11.8. The minimum Gasteiger partial charge on any atom is -0.493 e. The highest BCUT2D eigenvalue weighted by Crippen LogP contribution is 2.27. The van der Waals surface area contributed by atoms with Gasteiger partial charge in [-0.3, -0.25) is 0 Å². The summed E-state index contributed by atoms with van der Waals surface area (Å²) < 4.78 is 10.8. The standard InChI is InChI=1S/C15H17N3O2/c1-3-19-13-7-5-4-6-12(13)15-17-14(20-18-15)10-11(2)8-9-16/h4-7,11H,3,8,10H2,1-2H3. The van der Waals surface area contributed by atoms with Crippen LogP contribution in [-0.4, -0.2) is 16.7 Å². The zero-order valence-corrected chi connectivity index (χ0v) is 11.7. The summed E-state index contributed by atoms with van der Waals surface area (Å²) in [4.78, 5) is 4.38. The molecule has 0 spiro atoms. The Hall–Kier alpha value is -2.35. The monoisotopic (exact) mass is 271 g/mol. The number of nitriles is 1. The molecule has 0 fully saturated rings. The van der Waals surface area contributed by atoms with Gasteiger partial charge in [-0.1, -0.05) is 24.2 Å². The van der Waals surface area contributed by atoms with Crippen molar-refractivity contribution in [1.82, 2.24) is 10.1 Å². The van der Waals surface area contributed by atoms with Crippen LogP contribution in [0.15, 0.2) is 28.8 Å². The number of aromatic nitrogens is 2. The van der Waals surface area contributed by atoms with Gasteiger partial charge >= 0.3 is 0 Å². The van der Waals surface area contributed by atoms with Gasteiger partial charge in [-0.05, 0) is 25.0 Å². The Labute approximate surface area is 118 Å². The predicted molar refractivity (Wildman–Crippen MR) is 74.0 cm³/mol. The molecule has 104 valence electrons. The molecule has 0 aliphatic heterocycles. The maximum absolute atomic E-state index is 8.66. The van der Waals surface area contributed by atoms with Crippen molar-refractivity contribution in [1.29, 1.82) is 5.26 Å². The van der Waals surface area contributed by atoms with E-state index in [0.717, 1.165) is 11.3 Å². The summed E-state index contributed by atoms with van der Waals surface area (Å²) in [7, 11) is 0.